The quantitative estimate of drug-likeness (QED) is 0.683. The third-order valence-electron chi connectivity index (χ3n) is 1.40. The molecule has 0 bridgehead atoms. The van der Waals surface area contributed by atoms with Crippen LogP contribution < -0.4 is 0 Å². The molecular weight excluding hydrogens is 156 g/mol. The summed E-state index contributed by atoms with van der Waals surface area (Å²) in [5.74, 6) is 3.19. The van der Waals surface area contributed by atoms with Gasteiger partial charge >= 0.3 is 0 Å². The molecule has 1 heterocycles. The van der Waals surface area contributed by atoms with Crippen molar-refractivity contribution in [3.8, 4) is 12.3 Å². The molecule has 0 spiro atoms. The minimum atomic E-state index is -0.962. The van der Waals surface area contributed by atoms with E-state index in [4.69, 9.17) is 20.7 Å². The van der Waals surface area contributed by atoms with Crippen molar-refractivity contribution in [2.45, 2.75) is 12.7 Å². The molecule has 64 valence electrons. The maximum Gasteiger partial charge on any atom is 0.172 e. The molecule has 1 rings (SSSR count). The number of furan rings is 1. The van der Waals surface area contributed by atoms with Crippen molar-refractivity contribution >= 4 is 0 Å². The lowest BCUT2D eigenvalue weighted by atomic mass is 10.3. The van der Waals surface area contributed by atoms with E-state index in [1.807, 2.05) is 0 Å². The molecule has 0 aliphatic carbocycles. The number of ether oxygens (including phenoxy) is 1. The normalized spacial score (nSPS) is 12.4. The summed E-state index contributed by atoms with van der Waals surface area (Å²) in [5.41, 5.74) is 0. The van der Waals surface area contributed by atoms with E-state index >= 15 is 0 Å². The zero-order chi connectivity index (χ0) is 8.97. The Hall–Kier alpha value is -1.24. The van der Waals surface area contributed by atoms with Gasteiger partial charge in [-0.15, -0.1) is 6.42 Å². The van der Waals surface area contributed by atoms with Crippen molar-refractivity contribution < 1.29 is 14.3 Å². The van der Waals surface area contributed by atoms with Gasteiger partial charge in [0.25, 0.3) is 0 Å². The second-order valence-electron chi connectivity index (χ2n) is 2.31. The second kappa shape index (κ2) is 3.96. The molecule has 0 radical (unpaired) electrons. The Morgan fingerprint density at radius 1 is 1.75 bits per heavy atom. The first-order valence-electron chi connectivity index (χ1n) is 3.49. The number of terminal acetylenes is 1. The van der Waals surface area contributed by atoms with Crippen LogP contribution in [0.15, 0.2) is 16.5 Å². The van der Waals surface area contributed by atoms with Gasteiger partial charge < -0.3 is 14.3 Å². The van der Waals surface area contributed by atoms with Crippen molar-refractivity contribution in [2.75, 3.05) is 7.11 Å². The Bertz CT molecular complexity index is 282. The predicted molar refractivity (Wildman–Crippen MR) is 43.2 cm³/mol. The third kappa shape index (κ3) is 1.88. The Labute approximate surface area is 71.0 Å². The van der Waals surface area contributed by atoms with Crippen LogP contribution in [-0.4, -0.2) is 12.2 Å². The van der Waals surface area contributed by atoms with E-state index in [0.29, 0.717) is 18.1 Å². The van der Waals surface area contributed by atoms with Crippen molar-refractivity contribution in [3.63, 3.8) is 0 Å². The third-order valence-corrected chi connectivity index (χ3v) is 1.40. The summed E-state index contributed by atoms with van der Waals surface area (Å²) >= 11 is 0. The van der Waals surface area contributed by atoms with E-state index in [1.54, 1.807) is 19.2 Å². The van der Waals surface area contributed by atoms with Crippen molar-refractivity contribution in [3.05, 3.63) is 23.7 Å². The number of aliphatic hydroxyl groups excluding tert-OH is 1. The first kappa shape index (κ1) is 8.85. The molecular formula is C9H10O3. The molecule has 0 aliphatic rings. The highest BCUT2D eigenvalue weighted by Gasteiger charge is 2.08. The molecule has 3 nitrogen and oxygen atoms in total. The largest absolute Gasteiger partial charge is 0.460 e. The van der Waals surface area contributed by atoms with E-state index in [2.05, 4.69) is 5.92 Å². The van der Waals surface area contributed by atoms with Gasteiger partial charge in [-0.2, -0.15) is 0 Å². The standard InChI is InChI=1S/C9H10O3/c1-3-8(10)9-5-4-7(12-9)6-11-2/h1,4-5,8,10H,6H2,2H3. The lowest BCUT2D eigenvalue weighted by molar-refractivity contribution is 0.152. The van der Waals surface area contributed by atoms with Crippen LogP contribution in [0.1, 0.15) is 17.6 Å². The summed E-state index contributed by atoms with van der Waals surface area (Å²) in [7, 11) is 1.57. The first-order valence-corrected chi connectivity index (χ1v) is 3.49. The van der Waals surface area contributed by atoms with Gasteiger partial charge in [-0.1, -0.05) is 5.92 Å². The van der Waals surface area contributed by atoms with Crippen LogP contribution in [0.4, 0.5) is 0 Å². The van der Waals surface area contributed by atoms with Crippen LogP contribution in [0.2, 0.25) is 0 Å². The van der Waals surface area contributed by atoms with Crippen LogP contribution in [0, 0.1) is 12.3 Å². The minimum absolute atomic E-state index is 0.379. The molecule has 0 saturated carbocycles. The van der Waals surface area contributed by atoms with Crippen molar-refractivity contribution in [2.24, 2.45) is 0 Å². The fourth-order valence-corrected chi connectivity index (χ4v) is 0.843. The lowest BCUT2D eigenvalue weighted by Crippen LogP contribution is -1.89. The topological polar surface area (TPSA) is 42.6 Å². The van der Waals surface area contributed by atoms with E-state index in [-0.39, 0.29) is 0 Å². The molecule has 0 amide bonds. The average Bonchev–Trinajstić information content (AvgIpc) is 2.52. The number of hydrogen-bond donors (Lipinski definition) is 1. The Balaban J connectivity index is 2.71. The SMILES string of the molecule is C#CC(O)c1ccc(COC)o1. The summed E-state index contributed by atoms with van der Waals surface area (Å²) in [5, 5.41) is 9.14. The smallest absolute Gasteiger partial charge is 0.172 e. The number of aliphatic hydroxyl groups is 1. The highest BCUT2D eigenvalue weighted by molar-refractivity contribution is 5.15. The molecule has 0 aliphatic heterocycles. The maximum absolute atomic E-state index is 9.14. The Morgan fingerprint density at radius 3 is 3.08 bits per heavy atom. The highest BCUT2D eigenvalue weighted by Crippen LogP contribution is 2.15. The summed E-state index contributed by atoms with van der Waals surface area (Å²) in [4.78, 5) is 0. The van der Waals surface area contributed by atoms with Crippen LogP contribution in [0.25, 0.3) is 0 Å². The Kier molecular flexibility index (Phi) is 2.92. The molecule has 1 atom stereocenters. The van der Waals surface area contributed by atoms with Gasteiger partial charge in [-0.05, 0) is 12.1 Å². The van der Waals surface area contributed by atoms with Crippen molar-refractivity contribution in [1.82, 2.24) is 0 Å². The summed E-state index contributed by atoms with van der Waals surface area (Å²) in [6.45, 7) is 0.386. The molecule has 0 saturated heterocycles. The molecule has 1 aromatic rings. The van der Waals surface area contributed by atoms with Gasteiger partial charge in [-0.3, -0.25) is 0 Å². The fraction of sp³-hybridized carbons (Fsp3) is 0.333. The van der Waals surface area contributed by atoms with Crippen LogP contribution in [0.3, 0.4) is 0 Å². The maximum atomic E-state index is 9.14. The minimum Gasteiger partial charge on any atom is -0.460 e. The van der Waals surface area contributed by atoms with Gasteiger partial charge in [0, 0.05) is 7.11 Å². The molecule has 12 heavy (non-hydrogen) atoms. The van der Waals surface area contributed by atoms with Gasteiger partial charge in [0.05, 0.1) is 0 Å². The fourth-order valence-electron chi connectivity index (χ4n) is 0.843. The summed E-state index contributed by atoms with van der Waals surface area (Å²) < 4.78 is 9.99. The monoisotopic (exact) mass is 166 g/mol. The van der Waals surface area contributed by atoms with Crippen molar-refractivity contribution in [1.29, 1.82) is 0 Å². The van der Waals surface area contributed by atoms with Gasteiger partial charge in [0.15, 0.2) is 6.10 Å². The van der Waals surface area contributed by atoms with Gasteiger partial charge in [0.2, 0.25) is 0 Å². The van der Waals surface area contributed by atoms with Crippen LogP contribution in [-0.2, 0) is 11.3 Å². The van der Waals surface area contributed by atoms with Gasteiger partial charge in [-0.25, -0.2) is 0 Å². The van der Waals surface area contributed by atoms with Crippen LogP contribution >= 0.6 is 0 Å². The highest BCUT2D eigenvalue weighted by atomic mass is 16.5. The summed E-state index contributed by atoms with van der Waals surface area (Å²) in [6, 6.07) is 3.36. The Morgan fingerprint density at radius 2 is 2.50 bits per heavy atom. The first-order chi connectivity index (χ1) is 5.77. The molecule has 1 aromatic heterocycles. The van der Waals surface area contributed by atoms with E-state index in [0.717, 1.165) is 0 Å². The number of methoxy groups -OCH3 is 1. The second-order valence-corrected chi connectivity index (χ2v) is 2.31. The predicted octanol–water partition coefficient (Wildman–Crippen LogP) is 1.09. The number of hydrogen-bond acceptors (Lipinski definition) is 3. The molecule has 0 aromatic carbocycles. The zero-order valence-electron chi connectivity index (χ0n) is 6.78. The van der Waals surface area contributed by atoms with E-state index in [9.17, 15) is 0 Å². The lowest BCUT2D eigenvalue weighted by Gasteiger charge is -1.97. The molecule has 1 unspecified atom stereocenters. The number of rotatable bonds is 3. The molecule has 1 N–H and O–H groups in total. The molecule has 3 heteroatoms. The van der Waals surface area contributed by atoms with Gasteiger partial charge in [0.1, 0.15) is 18.1 Å². The zero-order valence-corrected chi connectivity index (χ0v) is 6.78. The average molecular weight is 166 g/mol. The molecule has 0 fully saturated rings. The van der Waals surface area contributed by atoms with Crippen LogP contribution in [0.5, 0.6) is 0 Å². The van der Waals surface area contributed by atoms with E-state index in [1.165, 1.54) is 0 Å². The van der Waals surface area contributed by atoms with E-state index < -0.39 is 6.10 Å². The summed E-state index contributed by atoms with van der Waals surface area (Å²) in [6.07, 6.45) is 4.03.